The van der Waals surface area contributed by atoms with Crippen molar-refractivity contribution in [1.29, 1.82) is 0 Å². The number of aliphatic hydroxyl groups is 1. The number of ether oxygens (including phenoxy) is 1. The number of rotatable bonds is 8. The summed E-state index contributed by atoms with van der Waals surface area (Å²) in [7, 11) is 0. The molecule has 1 fully saturated rings. The lowest BCUT2D eigenvalue weighted by Gasteiger charge is -2.18. The van der Waals surface area contributed by atoms with E-state index in [1.54, 1.807) is 0 Å². The van der Waals surface area contributed by atoms with Gasteiger partial charge < -0.3 is 15.2 Å². The van der Waals surface area contributed by atoms with Crippen LogP contribution in [0.1, 0.15) is 44.6 Å². The molecule has 2 rings (SSSR count). The van der Waals surface area contributed by atoms with Crippen LogP contribution in [0.5, 0.6) is 5.75 Å². The van der Waals surface area contributed by atoms with Crippen LogP contribution in [0.25, 0.3) is 0 Å². The number of nitrogens with one attached hydrogen (secondary N) is 1. The molecular formula is C18H27NO3. The number of carbonyl (C=O) groups excluding carboxylic acids is 1. The second kappa shape index (κ2) is 8.79. The third kappa shape index (κ3) is 5.34. The third-order valence-electron chi connectivity index (χ3n) is 4.33. The first kappa shape index (κ1) is 16.8. The van der Waals surface area contributed by atoms with Crippen molar-refractivity contribution < 1.29 is 14.6 Å². The van der Waals surface area contributed by atoms with Gasteiger partial charge in [-0.25, -0.2) is 0 Å². The number of hydrogen-bond acceptors (Lipinski definition) is 3. The number of benzene rings is 1. The Balaban J connectivity index is 1.66. The van der Waals surface area contributed by atoms with Crippen molar-refractivity contribution in [3.8, 4) is 5.75 Å². The van der Waals surface area contributed by atoms with E-state index in [0.717, 1.165) is 24.2 Å². The van der Waals surface area contributed by atoms with E-state index in [1.165, 1.54) is 12.8 Å². The molecule has 122 valence electrons. The smallest absolute Gasteiger partial charge is 0.220 e. The molecule has 1 atom stereocenters. The molecule has 2 N–H and O–H groups in total. The highest BCUT2D eigenvalue weighted by Gasteiger charge is 2.23. The molecule has 0 saturated heterocycles. The minimum atomic E-state index is -0.392. The van der Waals surface area contributed by atoms with Crippen molar-refractivity contribution >= 4 is 5.91 Å². The van der Waals surface area contributed by atoms with E-state index < -0.39 is 6.10 Å². The van der Waals surface area contributed by atoms with E-state index in [1.807, 2.05) is 31.2 Å². The molecule has 0 spiro atoms. The summed E-state index contributed by atoms with van der Waals surface area (Å²) < 4.78 is 5.39. The zero-order valence-corrected chi connectivity index (χ0v) is 13.4. The van der Waals surface area contributed by atoms with Gasteiger partial charge in [-0.05, 0) is 49.8 Å². The maximum atomic E-state index is 11.9. The lowest BCUT2D eigenvalue weighted by Crippen LogP contribution is -2.35. The Morgan fingerprint density at radius 1 is 1.32 bits per heavy atom. The van der Waals surface area contributed by atoms with E-state index in [0.29, 0.717) is 31.9 Å². The molecule has 0 bridgehead atoms. The van der Waals surface area contributed by atoms with E-state index in [-0.39, 0.29) is 5.91 Å². The zero-order valence-electron chi connectivity index (χ0n) is 13.4. The van der Waals surface area contributed by atoms with E-state index >= 15 is 0 Å². The molecule has 1 aliphatic rings. The van der Waals surface area contributed by atoms with Gasteiger partial charge in [0.1, 0.15) is 5.75 Å². The Labute approximate surface area is 132 Å². The Morgan fingerprint density at radius 2 is 2.00 bits per heavy atom. The molecule has 1 aromatic carbocycles. The second-order valence-corrected chi connectivity index (χ2v) is 5.99. The summed E-state index contributed by atoms with van der Waals surface area (Å²) in [5, 5.41) is 12.9. The molecule has 0 radical (unpaired) electrons. The van der Waals surface area contributed by atoms with Gasteiger partial charge in [0, 0.05) is 13.0 Å². The molecule has 0 heterocycles. The predicted molar refractivity (Wildman–Crippen MR) is 86.9 cm³/mol. The Hall–Kier alpha value is -1.55. The molecule has 1 unspecified atom stereocenters. The summed E-state index contributed by atoms with van der Waals surface area (Å²) in [6, 6.07) is 7.85. The topological polar surface area (TPSA) is 58.6 Å². The first-order valence-corrected chi connectivity index (χ1v) is 8.35. The maximum absolute atomic E-state index is 11.9. The van der Waals surface area contributed by atoms with Crippen LogP contribution in [0.15, 0.2) is 24.3 Å². The van der Waals surface area contributed by atoms with Gasteiger partial charge in [0.25, 0.3) is 0 Å². The van der Waals surface area contributed by atoms with Gasteiger partial charge in [-0.2, -0.15) is 0 Å². The number of amides is 1. The van der Waals surface area contributed by atoms with Crippen molar-refractivity contribution in [2.24, 2.45) is 5.92 Å². The van der Waals surface area contributed by atoms with Crippen LogP contribution < -0.4 is 10.1 Å². The highest BCUT2D eigenvalue weighted by molar-refractivity contribution is 5.76. The maximum Gasteiger partial charge on any atom is 0.220 e. The van der Waals surface area contributed by atoms with Gasteiger partial charge >= 0.3 is 0 Å². The third-order valence-corrected chi connectivity index (χ3v) is 4.33. The van der Waals surface area contributed by atoms with Crippen molar-refractivity contribution in [2.75, 3.05) is 13.2 Å². The molecule has 4 nitrogen and oxygen atoms in total. The zero-order chi connectivity index (χ0) is 15.8. The minimum Gasteiger partial charge on any atom is -0.494 e. The highest BCUT2D eigenvalue weighted by atomic mass is 16.5. The summed E-state index contributed by atoms with van der Waals surface area (Å²) in [5.74, 6) is 1.23. The molecule has 1 aromatic rings. The van der Waals surface area contributed by atoms with Gasteiger partial charge in [-0.1, -0.05) is 25.0 Å². The molecular weight excluding hydrogens is 278 g/mol. The minimum absolute atomic E-state index is 0.00549. The monoisotopic (exact) mass is 305 g/mol. The Morgan fingerprint density at radius 3 is 2.64 bits per heavy atom. The van der Waals surface area contributed by atoms with Crippen LogP contribution >= 0.6 is 0 Å². The lowest BCUT2D eigenvalue weighted by atomic mass is 10.0. The number of carbonyl (C=O) groups is 1. The van der Waals surface area contributed by atoms with Crippen LogP contribution in [-0.2, 0) is 11.2 Å². The number of aryl methyl sites for hydroxylation is 1. The van der Waals surface area contributed by atoms with Gasteiger partial charge in [0.2, 0.25) is 5.91 Å². The van der Waals surface area contributed by atoms with Crippen LogP contribution in [0.2, 0.25) is 0 Å². The molecule has 1 amide bonds. The largest absolute Gasteiger partial charge is 0.494 e. The first-order chi connectivity index (χ1) is 10.7. The normalized spacial score (nSPS) is 16.5. The van der Waals surface area contributed by atoms with Crippen molar-refractivity contribution in [3.05, 3.63) is 29.8 Å². The second-order valence-electron chi connectivity index (χ2n) is 5.99. The molecule has 1 saturated carbocycles. The Bertz CT molecular complexity index is 452. The highest BCUT2D eigenvalue weighted by Crippen LogP contribution is 2.27. The molecule has 1 aliphatic carbocycles. The van der Waals surface area contributed by atoms with E-state index in [4.69, 9.17) is 4.74 Å². The fourth-order valence-electron chi connectivity index (χ4n) is 2.99. The van der Waals surface area contributed by atoms with Crippen LogP contribution in [-0.4, -0.2) is 30.3 Å². The number of aliphatic hydroxyl groups excluding tert-OH is 1. The average Bonchev–Trinajstić information content (AvgIpc) is 3.07. The fraction of sp³-hybridized carbons (Fsp3) is 0.611. The summed E-state index contributed by atoms with van der Waals surface area (Å²) in [6.45, 7) is 3.00. The SMILES string of the molecule is CCOc1ccc(CCC(=O)NCC(O)C2CCCC2)cc1. The van der Waals surface area contributed by atoms with Crippen LogP contribution in [0, 0.1) is 5.92 Å². The van der Waals surface area contributed by atoms with Crippen LogP contribution in [0.4, 0.5) is 0 Å². The Kier molecular flexibility index (Phi) is 6.72. The lowest BCUT2D eigenvalue weighted by molar-refractivity contribution is -0.121. The van der Waals surface area contributed by atoms with Crippen molar-refractivity contribution in [3.63, 3.8) is 0 Å². The van der Waals surface area contributed by atoms with Gasteiger partial charge in [0.15, 0.2) is 0 Å². The summed E-state index contributed by atoms with van der Waals surface area (Å²) in [4.78, 5) is 11.9. The van der Waals surface area contributed by atoms with Crippen molar-refractivity contribution in [1.82, 2.24) is 5.32 Å². The summed E-state index contributed by atoms with van der Waals surface area (Å²) in [5.41, 5.74) is 1.12. The van der Waals surface area contributed by atoms with Gasteiger partial charge in [0.05, 0.1) is 12.7 Å². The predicted octanol–water partition coefficient (Wildman–Crippen LogP) is 2.69. The standard InChI is InChI=1S/C18H27NO3/c1-2-22-16-10-7-14(8-11-16)9-12-18(21)19-13-17(20)15-5-3-4-6-15/h7-8,10-11,15,17,20H,2-6,9,12-13H2,1H3,(H,19,21). The molecule has 0 aliphatic heterocycles. The number of hydrogen-bond donors (Lipinski definition) is 2. The van der Waals surface area contributed by atoms with Gasteiger partial charge in [-0.15, -0.1) is 0 Å². The molecule has 0 aromatic heterocycles. The average molecular weight is 305 g/mol. The molecule has 22 heavy (non-hydrogen) atoms. The fourth-order valence-corrected chi connectivity index (χ4v) is 2.99. The summed E-state index contributed by atoms with van der Waals surface area (Å²) in [6.07, 6.45) is 5.34. The molecule has 4 heteroatoms. The van der Waals surface area contributed by atoms with Gasteiger partial charge in [-0.3, -0.25) is 4.79 Å². The van der Waals surface area contributed by atoms with Crippen molar-refractivity contribution in [2.45, 2.75) is 51.6 Å². The van der Waals surface area contributed by atoms with Crippen LogP contribution in [0.3, 0.4) is 0 Å². The van der Waals surface area contributed by atoms with E-state index in [9.17, 15) is 9.90 Å². The summed E-state index contributed by atoms with van der Waals surface area (Å²) >= 11 is 0. The van der Waals surface area contributed by atoms with E-state index in [2.05, 4.69) is 5.32 Å². The quantitative estimate of drug-likeness (QED) is 0.776. The first-order valence-electron chi connectivity index (χ1n) is 8.35.